The van der Waals surface area contributed by atoms with Crippen molar-refractivity contribution in [3.63, 3.8) is 0 Å². The molecule has 2 atom stereocenters. The van der Waals surface area contributed by atoms with Crippen LogP contribution in [0.2, 0.25) is 0 Å². The van der Waals surface area contributed by atoms with Crippen LogP contribution in [-0.4, -0.2) is 32.0 Å². The molecule has 1 aliphatic rings. The first-order valence-electron chi connectivity index (χ1n) is 13.0. The monoisotopic (exact) mass is 601 g/mol. The van der Waals surface area contributed by atoms with E-state index < -0.39 is 0 Å². The Labute approximate surface area is 243 Å². The number of thiocarbonyl (C=S) groups is 1. The van der Waals surface area contributed by atoms with Crippen molar-refractivity contribution in [1.29, 1.82) is 0 Å². The van der Waals surface area contributed by atoms with Gasteiger partial charge in [-0.05, 0) is 109 Å². The van der Waals surface area contributed by atoms with E-state index in [4.69, 9.17) is 12.2 Å². The van der Waals surface area contributed by atoms with E-state index in [1.54, 1.807) is 0 Å². The zero-order valence-corrected chi connectivity index (χ0v) is 24.9. The highest BCUT2D eigenvalue weighted by molar-refractivity contribution is 9.10. The van der Waals surface area contributed by atoms with Gasteiger partial charge in [0.05, 0.1) is 23.5 Å². The van der Waals surface area contributed by atoms with Crippen LogP contribution in [0.1, 0.15) is 52.3 Å². The van der Waals surface area contributed by atoms with Crippen molar-refractivity contribution >= 4 is 44.9 Å². The lowest BCUT2D eigenvalue weighted by atomic mass is 9.96. The number of nitrogens with one attached hydrogen (secondary N) is 2. The van der Waals surface area contributed by atoms with Gasteiger partial charge in [-0.1, -0.05) is 30.3 Å². The minimum absolute atomic E-state index is 0.0368. The fraction of sp³-hybridized carbons (Fsp3) is 0.258. The number of carbonyl (C=O) groups is 1. The molecule has 1 fully saturated rings. The Morgan fingerprint density at radius 3 is 2.56 bits per heavy atom. The molecule has 1 aliphatic heterocycles. The van der Waals surface area contributed by atoms with Gasteiger partial charge in [-0.2, -0.15) is 0 Å². The number of pyridine rings is 1. The second-order valence-electron chi connectivity index (χ2n) is 10.0. The van der Waals surface area contributed by atoms with E-state index in [9.17, 15) is 4.79 Å². The number of benzene rings is 2. The molecule has 6 nitrogen and oxygen atoms in total. The second kappa shape index (κ2) is 11.3. The summed E-state index contributed by atoms with van der Waals surface area (Å²) in [6, 6.07) is 22.2. The van der Waals surface area contributed by atoms with E-state index in [-0.39, 0.29) is 18.0 Å². The molecule has 8 heteroatoms. The van der Waals surface area contributed by atoms with E-state index in [1.807, 2.05) is 68.6 Å². The third kappa shape index (κ3) is 5.49. The summed E-state index contributed by atoms with van der Waals surface area (Å²) < 4.78 is 3.29. The first-order valence-corrected chi connectivity index (χ1v) is 14.2. The average Bonchev–Trinajstić information content (AvgIpc) is 3.40. The second-order valence-corrected chi connectivity index (χ2v) is 11.3. The van der Waals surface area contributed by atoms with Crippen LogP contribution in [0.25, 0.3) is 5.69 Å². The van der Waals surface area contributed by atoms with Gasteiger partial charge >= 0.3 is 0 Å². The summed E-state index contributed by atoms with van der Waals surface area (Å²) in [4.78, 5) is 19.9. The van der Waals surface area contributed by atoms with Gasteiger partial charge in [0.1, 0.15) is 0 Å². The Bertz CT molecular complexity index is 1530. The molecule has 2 unspecified atom stereocenters. The molecular formula is C31H32BrN5OS. The molecule has 1 saturated heterocycles. The van der Waals surface area contributed by atoms with E-state index in [0.29, 0.717) is 18.1 Å². The van der Waals surface area contributed by atoms with Crippen molar-refractivity contribution in [1.82, 2.24) is 19.8 Å². The van der Waals surface area contributed by atoms with Crippen LogP contribution < -0.4 is 10.6 Å². The van der Waals surface area contributed by atoms with E-state index in [1.165, 1.54) is 0 Å². The maximum Gasteiger partial charge on any atom is 0.226 e. The van der Waals surface area contributed by atoms with Crippen LogP contribution in [0.4, 0.5) is 5.69 Å². The molecule has 39 heavy (non-hydrogen) atoms. The highest BCUT2D eigenvalue weighted by Crippen LogP contribution is 2.42. The predicted molar refractivity (Wildman–Crippen MR) is 164 cm³/mol. The number of rotatable bonds is 7. The van der Waals surface area contributed by atoms with Crippen molar-refractivity contribution in [2.24, 2.45) is 0 Å². The van der Waals surface area contributed by atoms with Crippen LogP contribution in [0, 0.1) is 27.7 Å². The molecule has 5 rings (SSSR count). The molecule has 0 radical (unpaired) electrons. The molecule has 2 N–H and O–H groups in total. The van der Waals surface area contributed by atoms with Crippen molar-refractivity contribution in [2.45, 2.75) is 46.2 Å². The van der Waals surface area contributed by atoms with Crippen LogP contribution in [0.3, 0.4) is 0 Å². The average molecular weight is 603 g/mol. The molecule has 1 amide bonds. The van der Waals surface area contributed by atoms with Gasteiger partial charge in [0.25, 0.3) is 0 Å². The summed E-state index contributed by atoms with van der Waals surface area (Å²) in [5, 5.41) is 7.23. The van der Waals surface area contributed by atoms with Gasteiger partial charge in [-0.3, -0.25) is 9.78 Å². The molecule has 2 aromatic carbocycles. The predicted octanol–water partition coefficient (Wildman–Crippen LogP) is 6.87. The van der Waals surface area contributed by atoms with Crippen molar-refractivity contribution in [3.05, 3.63) is 111 Å². The maximum absolute atomic E-state index is 13.1. The number of amides is 1. The van der Waals surface area contributed by atoms with Crippen molar-refractivity contribution in [2.75, 3.05) is 11.9 Å². The number of anilines is 1. The number of halogens is 1. The Morgan fingerprint density at radius 2 is 1.82 bits per heavy atom. The molecule has 4 aromatic rings. The van der Waals surface area contributed by atoms with Gasteiger partial charge in [0.15, 0.2) is 5.11 Å². The summed E-state index contributed by atoms with van der Waals surface area (Å²) >= 11 is 9.58. The largest absolute Gasteiger partial charge is 0.352 e. The lowest BCUT2D eigenvalue weighted by Gasteiger charge is -2.28. The number of nitrogens with zero attached hydrogens (tertiary/aromatic N) is 3. The third-order valence-electron chi connectivity index (χ3n) is 7.33. The Kier molecular flexibility index (Phi) is 7.86. The molecule has 0 bridgehead atoms. The first-order chi connectivity index (χ1) is 18.7. The SMILES string of the molecule is Cc1ccc(C)c(NC(=O)CCN2C(=S)NC(c3ccccn3)C2c2cc(C)n(-c3ccccc3Br)c2C)c1. The number of aromatic nitrogens is 2. The van der Waals surface area contributed by atoms with Gasteiger partial charge in [-0.15, -0.1) is 0 Å². The Balaban J connectivity index is 1.48. The lowest BCUT2D eigenvalue weighted by Crippen LogP contribution is -2.33. The summed E-state index contributed by atoms with van der Waals surface area (Å²) in [5.74, 6) is -0.0368. The Morgan fingerprint density at radius 1 is 1.05 bits per heavy atom. The fourth-order valence-corrected chi connectivity index (χ4v) is 6.17. The number of hydrogen-bond donors (Lipinski definition) is 2. The first kappa shape index (κ1) is 27.1. The van der Waals surface area contributed by atoms with Crippen molar-refractivity contribution in [3.8, 4) is 5.69 Å². The molecule has 0 saturated carbocycles. The molecule has 0 aliphatic carbocycles. The smallest absolute Gasteiger partial charge is 0.226 e. The quantitative estimate of drug-likeness (QED) is 0.226. The molecule has 3 heterocycles. The van der Waals surface area contributed by atoms with Gasteiger partial charge in [-0.25, -0.2) is 0 Å². The van der Waals surface area contributed by atoms with Gasteiger partial charge < -0.3 is 20.1 Å². The topological polar surface area (TPSA) is 62.2 Å². The van der Waals surface area contributed by atoms with Crippen LogP contribution in [-0.2, 0) is 4.79 Å². The Hall–Kier alpha value is -3.49. The molecule has 200 valence electrons. The number of para-hydroxylation sites is 1. The summed E-state index contributed by atoms with van der Waals surface area (Å²) in [5.41, 5.74) is 8.41. The van der Waals surface area contributed by atoms with Crippen LogP contribution in [0.5, 0.6) is 0 Å². The number of aryl methyl sites for hydroxylation is 3. The zero-order chi connectivity index (χ0) is 27.7. The summed E-state index contributed by atoms with van der Waals surface area (Å²) in [6.45, 7) is 8.77. The van der Waals surface area contributed by atoms with E-state index >= 15 is 0 Å². The minimum Gasteiger partial charge on any atom is -0.352 e. The summed E-state index contributed by atoms with van der Waals surface area (Å²) in [7, 11) is 0. The van der Waals surface area contributed by atoms with Crippen LogP contribution in [0.15, 0.2) is 77.4 Å². The lowest BCUT2D eigenvalue weighted by molar-refractivity contribution is -0.116. The molecular weight excluding hydrogens is 570 g/mol. The third-order valence-corrected chi connectivity index (χ3v) is 8.35. The normalized spacial score (nSPS) is 16.8. The minimum atomic E-state index is -0.144. The van der Waals surface area contributed by atoms with Gasteiger partial charge in [0, 0.05) is 40.7 Å². The number of hydrogen-bond acceptors (Lipinski definition) is 3. The molecule has 2 aromatic heterocycles. The fourth-order valence-electron chi connectivity index (χ4n) is 5.38. The maximum atomic E-state index is 13.1. The number of carbonyl (C=O) groups excluding carboxylic acids is 1. The highest BCUT2D eigenvalue weighted by Gasteiger charge is 2.41. The molecule has 0 spiro atoms. The zero-order valence-electron chi connectivity index (χ0n) is 22.5. The highest BCUT2D eigenvalue weighted by atomic mass is 79.9. The van der Waals surface area contributed by atoms with E-state index in [2.05, 4.69) is 73.1 Å². The standard InChI is InChI=1S/C31H32BrN5OS/c1-19-12-13-20(2)26(17-19)34-28(38)14-16-36-30(29(35-31(36)39)25-10-7-8-15-33-25)23-18-21(3)37(22(23)4)27-11-6-5-9-24(27)32/h5-13,15,17-18,29-30H,14,16H2,1-4H3,(H,34,38)(H,35,39). The van der Waals surface area contributed by atoms with Crippen molar-refractivity contribution < 1.29 is 4.79 Å². The van der Waals surface area contributed by atoms with Crippen LogP contribution >= 0.6 is 28.1 Å². The van der Waals surface area contributed by atoms with Gasteiger partial charge in [0.2, 0.25) is 5.91 Å². The summed E-state index contributed by atoms with van der Waals surface area (Å²) in [6.07, 6.45) is 2.12. The van der Waals surface area contributed by atoms with E-state index in [0.717, 1.165) is 49.6 Å².